The molecule has 82 valence electrons. The van der Waals surface area contributed by atoms with Crippen molar-refractivity contribution < 1.29 is 13.5 Å². The highest BCUT2D eigenvalue weighted by Gasteiger charge is 2.20. The van der Waals surface area contributed by atoms with Crippen molar-refractivity contribution in [3.63, 3.8) is 0 Å². The van der Waals surface area contributed by atoms with Gasteiger partial charge in [0.2, 0.25) is 0 Å². The molecular formula is C11H11BrF2O. The lowest BCUT2D eigenvalue weighted by molar-refractivity contribution is 0.147. The Morgan fingerprint density at radius 2 is 2.13 bits per heavy atom. The number of fused-ring (bicyclic) bond motifs is 1. The number of rotatable bonds is 2. The molecule has 1 atom stereocenters. The minimum atomic E-state index is -2.38. The Balaban J connectivity index is 2.27. The Labute approximate surface area is 95.6 Å². The minimum absolute atomic E-state index is 0.620. The fourth-order valence-corrected chi connectivity index (χ4v) is 1.98. The van der Waals surface area contributed by atoms with Crippen molar-refractivity contribution in [1.82, 2.24) is 0 Å². The van der Waals surface area contributed by atoms with Gasteiger partial charge in [-0.25, -0.2) is 8.78 Å². The van der Waals surface area contributed by atoms with Crippen LogP contribution >= 0.6 is 15.9 Å². The molecule has 15 heavy (non-hydrogen) atoms. The van der Waals surface area contributed by atoms with Gasteiger partial charge in [-0.15, -0.1) is 0 Å². The van der Waals surface area contributed by atoms with Crippen molar-refractivity contribution in [3.05, 3.63) is 29.3 Å². The average molecular weight is 277 g/mol. The van der Waals surface area contributed by atoms with Crippen LogP contribution in [-0.4, -0.2) is 13.0 Å². The van der Waals surface area contributed by atoms with Crippen LogP contribution in [0.1, 0.15) is 22.4 Å². The van der Waals surface area contributed by atoms with E-state index in [0.717, 1.165) is 30.8 Å². The molecule has 1 aliphatic heterocycles. The maximum Gasteiger partial charge on any atom is 0.255 e. The van der Waals surface area contributed by atoms with Crippen LogP contribution in [0.15, 0.2) is 18.2 Å². The lowest BCUT2D eigenvalue weighted by atomic mass is 10.0. The molecule has 0 saturated carbocycles. The Hall–Kier alpha value is -0.640. The van der Waals surface area contributed by atoms with Gasteiger partial charge in [0.25, 0.3) is 6.43 Å². The second kappa shape index (κ2) is 4.47. The maximum absolute atomic E-state index is 12.5. The summed E-state index contributed by atoms with van der Waals surface area (Å²) in [5, 5.41) is 0. The number of halogens is 3. The number of hydrogen-bond donors (Lipinski definition) is 0. The van der Waals surface area contributed by atoms with Gasteiger partial charge in [-0.1, -0.05) is 28.1 Å². The molecule has 0 bridgehead atoms. The Kier molecular flexibility index (Phi) is 3.24. The van der Waals surface area contributed by atoms with E-state index in [2.05, 4.69) is 15.9 Å². The molecule has 1 heterocycles. The molecule has 0 radical (unpaired) electrons. The summed E-state index contributed by atoms with van der Waals surface area (Å²) < 4.78 is 30.4. The zero-order chi connectivity index (χ0) is 10.8. The zero-order valence-electron chi connectivity index (χ0n) is 8.05. The van der Waals surface area contributed by atoms with E-state index in [4.69, 9.17) is 4.74 Å². The monoisotopic (exact) mass is 276 g/mol. The third-order valence-corrected chi connectivity index (χ3v) is 3.40. The summed E-state index contributed by atoms with van der Waals surface area (Å²) in [5.41, 5.74) is 1.65. The molecule has 0 spiro atoms. The normalized spacial score (nSPS) is 17.1. The van der Waals surface area contributed by atoms with Gasteiger partial charge in [-0.3, -0.25) is 0 Å². The van der Waals surface area contributed by atoms with Gasteiger partial charge in [-0.2, -0.15) is 0 Å². The molecule has 0 amide bonds. The van der Waals surface area contributed by atoms with Gasteiger partial charge in [0.05, 0.1) is 6.61 Å². The molecule has 4 heteroatoms. The van der Waals surface area contributed by atoms with Crippen molar-refractivity contribution in [3.8, 4) is 5.75 Å². The van der Waals surface area contributed by atoms with E-state index >= 15 is 0 Å². The van der Waals surface area contributed by atoms with Crippen LogP contribution in [0, 0.1) is 0 Å². The first kappa shape index (κ1) is 10.9. The average Bonchev–Trinajstić information content (AvgIpc) is 2.27. The second-order valence-corrected chi connectivity index (χ2v) is 4.54. The molecular weight excluding hydrogens is 266 g/mol. The van der Waals surface area contributed by atoms with Gasteiger partial charge >= 0.3 is 0 Å². The smallest absolute Gasteiger partial charge is 0.255 e. The number of ether oxygens (including phenoxy) is 1. The quantitative estimate of drug-likeness (QED) is 0.749. The van der Waals surface area contributed by atoms with E-state index in [1.165, 1.54) is 0 Å². The van der Waals surface area contributed by atoms with E-state index in [1.54, 1.807) is 18.2 Å². The van der Waals surface area contributed by atoms with E-state index in [1.807, 2.05) is 0 Å². The molecule has 1 aliphatic rings. The van der Waals surface area contributed by atoms with Gasteiger partial charge in [0.15, 0.2) is 0 Å². The molecule has 2 rings (SSSR count). The van der Waals surface area contributed by atoms with Crippen LogP contribution in [0.2, 0.25) is 0 Å². The van der Waals surface area contributed by atoms with Crippen LogP contribution in [0.5, 0.6) is 5.75 Å². The first-order valence-electron chi connectivity index (χ1n) is 4.86. The molecule has 1 nitrogen and oxygen atoms in total. The maximum atomic E-state index is 12.5. The number of aryl methyl sites for hydroxylation is 1. The van der Waals surface area contributed by atoms with Crippen LogP contribution in [0.3, 0.4) is 0 Å². The molecule has 0 N–H and O–H groups in total. The van der Waals surface area contributed by atoms with E-state index in [-0.39, 0.29) is 0 Å². The lowest BCUT2D eigenvalue weighted by Crippen LogP contribution is -2.09. The third kappa shape index (κ3) is 2.30. The van der Waals surface area contributed by atoms with Crippen molar-refractivity contribution in [2.45, 2.75) is 24.1 Å². The lowest BCUT2D eigenvalue weighted by Gasteiger charge is -2.19. The highest BCUT2D eigenvalue weighted by atomic mass is 79.9. The predicted molar refractivity (Wildman–Crippen MR) is 57.9 cm³/mol. The van der Waals surface area contributed by atoms with Crippen LogP contribution in [0.4, 0.5) is 8.78 Å². The van der Waals surface area contributed by atoms with Gasteiger partial charge in [0, 0.05) is 0 Å². The fourth-order valence-electron chi connectivity index (χ4n) is 1.70. The minimum Gasteiger partial charge on any atom is -0.493 e. The summed E-state index contributed by atoms with van der Waals surface area (Å²) in [6, 6.07) is 5.27. The molecule has 0 aliphatic carbocycles. The van der Waals surface area contributed by atoms with Gasteiger partial charge in [0.1, 0.15) is 10.6 Å². The first-order chi connectivity index (χ1) is 7.18. The van der Waals surface area contributed by atoms with Crippen LogP contribution < -0.4 is 4.74 Å². The topological polar surface area (TPSA) is 9.23 Å². The summed E-state index contributed by atoms with van der Waals surface area (Å²) in [7, 11) is 0. The molecule has 0 fully saturated rings. The highest BCUT2D eigenvalue weighted by Crippen LogP contribution is 2.34. The van der Waals surface area contributed by atoms with E-state index in [0.29, 0.717) is 5.56 Å². The highest BCUT2D eigenvalue weighted by molar-refractivity contribution is 9.09. The number of alkyl halides is 3. The third-order valence-electron chi connectivity index (χ3n) is 2.47. The Bertz CT molecular complexity index is 354. The Morgan fingerprint density at radius 3 is 2.87 bits per heavy atom. The fraction of sp³-hybridized carbons (Fsp3) is 0.455. The molecule has 0 saturated heterocycles. The molecule has 0 aromatic heterocycles. The van der Waals surface area contributed by atoms with E-state index < -0.39 is 11.3 Å². The summed E-state index contributed by atoms with van der Waals surface area (Å²) in [6.07, 6.45) is -0.517. The van der Waals surface area contributed by atoms with Crippen molar-refractivity contribution in [1.29, 1.82) is 0 Å². The van der Waals surface area contributed by atoms with E-state index in [9.17, 15) is 8.78 Å². The second-order valence-electron chi connectivity index (χ2n) is 3.56. The largest absolute Gasteiger partial charge is 0.493 e. The van der Waals surface area contributed by atoms with Gasteiger partial charge in [-0.05, 0) is 30.0 Å². The number of hydrogen-bond acceptors (Lipinski definition) is 1. The molecule has 1 aromatic carbocycles. The van der Waals surface area contributed by atoms with Crippen molar-refractivity contribution in [2.24, 2.45) is 0 Å². The summed E-state index contributed by atoms with van der Waals surface area (Å²) >= 11 is 2.99. The summed E-state index contributed by atoms with van der Waals surface area (Å²) in [5.74, 6) is 0.832. The van der Waals surface area contributed by atoms with Crippen LogP contribution in [0.25, 0.3) is 0 Å². The molecule has 1 unspecified atom stereocenters. The SMILES string of the molecule is FC(F)C(Br)c1ccc2c(c1)CCCO2. The summed E-state index contributed by atoms with van der Waals surface area (Å²) in [4.78, 5) is -0.885. The van der Waals surface area contributed by atoms with Crippen LogP contribution in [-0.2, 0) is 6.42 Å². The first-order valence-corrected chi connectivity index (χ1v) is 5.78. The standard InChI is InChI=1S/C11H11BrF2O/c12-10(11(13)14)8-3-4-9-7(6-8)2-1-5-15-9/h3-4,6,10-11H,1-2,5H2. The number of benzene rings is 1. The van der Waals surface area contributed by atoms with Crippen molar-refractivity contribution >= 4 is 15.9 Å². The predicted octanol–water partition coefficient (Wildman–Crippen LogP) is 3.71. The Morgan fingerprint density at radius 1 is 1.33 bits per heavy atom. The zero-order valence-corrected chi connectivity index (χ0v) is 9.64. The van der Waals surface area contributed by atoms with Crippen molar-refractivity contribution in [2.75, 3.05) is 6.61 Å². The van der Waals surface area contributed by atoms with Gasteiger partial charge < -0.3 is 4.74 Å². The molecule has 1 aromatic rings. The summed E-state index contributed by atoms with van der Waals surface area (Å²) in [6.45, 7) is 0.721.